The van der Waals surface area contributed by atoms with Gasteiger partial charge in [-0.15, -0.1) is 0 Å². The van der Waals surface area contributed by atoms with E-state index in [0.717, 1.165) is 24.7 Å². The summed E-state index contributed by atoms with van der Waals surface area (Å²) in [5.74, 6) is 1.54. The highest BCUT2D eigenvalue weighted by molar-refractivity contribution is 5.76. The minimum Gasteiger partial charge on any atom is -0.481 e. The molecule has 5 aliphatic carbocycles. The van der Waals surface area contributed by atoms with E-state index in [-0.39, 0.29) is 35.7 Å². The third kappa shape index (κ3) is 4.13. The maximum Gasteiger partial charge on any atom is 0.306 e. The maximum absolute atomic E-state index is 12.5. The number of carbonyl (C=O) groups excluding carboxylic acids is 1. The highest BCUT2D eigenvalue weighted by atomic mass is 16.5. The molecule has 4 heteroatoms. The summed E-state index contributed by atoms with van der Waals surface area (Å²) in [6.45, 7) is 17.5. The van der Waals surface area contributed by atoms with E-state index in [0.29, 0.717) is 28.1 Å². The Morgan fingerprint density at radius 1 is 0.892 bits per heavy atom. The molecule has 208 valence electrons. The van der Waals surface area contributed by atoms with Crippen molar-refractivity contribution < 1.29 is 19.4 Å². The van der Waals surface area contributed by atoms with E-state index in [1.54, 1.807) is 0 Å². The molecule has 0 saturated heterocycles. The van der Waals surface area contributed by atoms with Crippen LogP contribution in [0.3, 0.4) is 0 Å². The number of carboxylic acids is 1. The first-order valence-electron chi connectivity index (χ1n) is 15.3. The monoisotopic (exact) mass is 512 g/mol. The number of rotatable bonds is 4. The molecule has 0 aromatic carbocycles. The average Bonchev–Trinajstić information content (AvgIpc) is 2.79. The zero-order valence-corrected chi connectivity index (χ0v) is 24.6. The van der Waals surface area contributed by atoms with E-state index in [1.807, 2.05) is 5.57 Å². The number of fused-ring (bicyclic) bond motifs is 7. The van der Waals surface area contributed by atoms with Gasteiger partial charge in [0.2, 0.25) is 0 Å². The smallest absolute Gasteiger partial charge is 0.306 e. The predicted octanol–water partition coefficient (Wildman–Crippen LogP) is 8.19. The number of esters is 1. The summed E-state index contributed by atoms with van der Waals surface area (Å²) in [5, 5.41) is 8.97. The van der Waals surface area contributed by atoms with Crippen LogP contribution in [0.5, 0.6) is 0 Å². The SMILES string of the molecule is CC1(C)CCC2CC[C@]3(C)C(=CC[C@@H]4[C@@]5(C)CC[C@H](OC(=O)CCC(=O)O)C(C)(C)[C@@H]5CC[C@]43C)[C@@H]2C1. The van der Waals surface area contributed by atoms with Crippen LogP contribution in [0.4, 0.5) is 0 Å². The summed E-state index contributed by atoms with van der Waals surface area (Å²) in [5.41, 5.74) is 3.03. The minimum absolute atomic E-state index is 0.0323. The van der Waals surface area contributed by atoms with Crippen molar-refractivity contribution in [1.29, 1.82) is 0 Å². The van der Waals surface area contributed by atoms with E-state index in [9.17, 15) is 9.59 Å². The fourth-order valence-corrected chi connectivity index (χ4v) is 11.0. The van der Waals surface area contributed by atoms with Crippen LogP contribution in [-0.4, -0.2) is 23.1 Å². The van der Waals surface area contributed by atoms with Crippen molar-refractivity contribution in [2.75, 3.05) is 0 Å². The van der Waals surface area contributed by atoms with Crippen molar-refractivity contribution in [3.8, 4) is 0 Å². The maximum atomic E-state index is 12.5. The average molecular weight is 513 g/mol. The minimum atomic E-state index is -0.942. The zero-order valence-electron chi connectivity index (χ0n) is 24.6. The third-order valence-electron chi connectivity index (χ3n) is 13.2. The van der Waals surface area contributed by atoms with Gasteiger partial charge >= 0.3 is 11.9 Å². The van der Waals surface area contributed by atoms with Gasteiger partial charge in [0.1, 0.15) is 6.10 Å². The molecule has 0 aromatic rings. The predicted molar refractivity (Wildman–Crippen MR) is 147 cm³/mol. The molecule has 0 heterocycles. The summed E-state index contributed by atoms with van der Waals surface area (Å²) in [7, 11) is 0. The van der Waals surface area contributed by atoms with Gasteiger partial charge in [0, 0.05) is 5.41 Å². The lowest BCUT2D eigenvalue weighted by atomic mass is 9.34. The largest absolute Gasteiger partial charge is 0.481 e. The van der Waals surface area contributed by atoms with E-state index in [4.69, 9.17) is 9.84 Å². The Morgan fingerprint density at radius 3 is 2.30 bits per heavy atom. The van der Waals surface area contributed by atoms with Crippen molar-refractivity contribution in [1.82, 2.24) is 0 Å². The van der Waals surface area contributed by atoms with Gasteiger partial charge in [0.15, 0.2) is 0 Å². The number of carboxylic acid groups (broad SMARTS) is 1. The molecular formula is C33H52O4. The molecule has 0 spiro atoms. The highest BCUT2D eigenvalue weighted by Gasteiger charge is 2.67. The van der Waals surface area contributed by atoms with Crippen LogP contribution in [0.15, 0.2) is 11.6 Å². The molecule has 8 atom stereocenters. The molecule has 0 bridgehead atoms. The quantitative estimate of drug-likeness (QED) is 0.305. The molecule has 4 nitrogen and oxygen atoms in total. The number of aliphatic carboxylic acids is 1. The summed E-state index contributed by atoms with van der Waals surface area (Å²) < 4.78 is 5.98. The Bertz CT molecular complexity index is 977. The summed E-state index contributed by atoms with van der Waals surface area (Å²) in [4.78, 5) is 23.4. The Kier molecular flexibility index (Phi) is 6.52. The lowest BCUT2D eigenvalue weighted by Crippen LogP contribution is -2.64. The van der Waals surface area contributed by atoms with Crippen LogP contribution in [-0.2, 0) is 14.3 Å². The van der Waals surface area contributed by atoms with Crippen molar-refractivity contribution >= 4 is 11.9 Å². The molecule has 0 amide bonds. The van der Waals surface area contributed by atoms with Crippen molar-refractivity contribution in [3.63, 3.8) is 0 Å². The van der Waals surface area contributed by atoms with Gasteiger partial charge in [-0.2, -0.15) is 0 Å². The summed E-state index contributed by atoms with van der Waals surface area (Å²) in [6.07, 6.45) is 15.0. The first kappa shape index (κ1) is 27.3. The molecule has 37 heavy (non-hydrogen) atoms. The van der Waals surface area contributed by atoms with E-state index in [1.165, 1.54) is 51.4 Å². The molecule has 1 N–H and O–H groups in total. The van der Waals surface area contributed by atoms with Crippen LogP contribution in [0.1, 0.15) is 126 Å². The van der Waals surface area contributed by atoms with E-state index in [2.05, 4.69) is 54.5 Å². The number of allylic oxidation sites excluding steroid dienone is 2. The second-order valence-electron chi connectivity index (χ2n) is 15.8. The molecule has 5 aliphatic rings. The van der Waals surface area contributed by atoms with Gasteiger partial charge in [-0.1, -0.05) is 60.1 Å². The number of hydrogen-bond donors (Lipinski definition) is 1. The van der Waals surface area contributed by atoms with Gasteiger partial charge in [-0.25, -0.2) is 0 Å². The second kappa shape index (κ2) is 8.85. The first-order chi connectivity index (χ1) is 17.1. The van der Waals surface area contributed by atoms with Crippen LogP contribution in [0.25, 0.3) is 0 Å². The van der Waals surface area contributed by atoms with Gasteiger partial charge in [-0.05, 0) is 110 Å². The van der Waals surface area contributed by atoms with Gasteiger partial charge in [0.05, 0.1) is 12.8 Å². The van der Waals surface area contributed by atoms with Crippen molar-refractivity contribution in [2.45, 2.75) is 132 Å². The molecule has 0 aromatic heterocycles. The fourth-order valence-electron chi connectivity index (χ4n) is 11.0. The Labute approximate surface area is 225 Å². The van der Waals surface area contributed by atoms with Crippen molar-refractivity contribution in [3.05, 3.63) is 11.6 Å². The number of hydrogen-bond acceptors (Lipinski definition) is 3. The summed E-state index contributed by atoms with van der Waals surface area (Å²) in [6, 6.07) is 0. The standard InChI is InChI=1S/C33H52O4/c1-29(2)16-12-21-13-18-32(6)23(22(21)20-29)8-9-25-31(5)17-15-26(37-28(36)11-10-27(34)35)30(3,4)24(31)14-19-33(25,32)7/h8,21-22,24-26H,9-20H2,1-7H3,(H,34,35)/t21?,22-,24+,25-,26+,31+,32-,33-/m1/s1. The number of carbonyl (C=O) groups is 2. The summed E-state index contributed by atoms with van der Waals surface area (Å²) >= 11 is 0. The van der Waals surface area contributed by atoms with Crippen LogP contribution < -0.4 is 0 Å². The molecule has 1 unspecified atom stereocenters. The first-order valence-corrected chi connectivity index (χ1v) is 15.3. The normalized spacial score (nSPS) is 45.8. The lowest BCUT2D eigenvalue weighted by Gasteiger charge is -2.70. The lowest BCUT2D eigenvalue weighted by molar-refractivity contribution is -0.210. The Morgan fingerprint density at radius 2 is 1.59 bits per heavy atom. The van der Waals surface area contributed by atoms with E-state index < -0.39 is 5.97 Å². The molecule has 4 saturated carbocycles. The van der Waals surface area contributed by atoms with Crippen molar-refractivity contribution in [2.24, 2.45) is 50.7 Å². The molecule has 4 fully saturated rings. The van der Waals surface area contributed by atoms with Gasteiger partial charge in [-0.3, -0.25) is 9.59 Å². The van der Waals surface area contributed by atoms with Crippen LogP contribution in [0.2, 0.25) is 0 Å². The third-order valence-corrected chi connectivity index (χ3v) is 13.2. The molecule has 0 radical (unpaired) electrons. The zero-order chi connectivity index (χ0) is 27.0. The fraction of sp³-hybridized carbons (Fsp3) is 0.879. The van der Waals surface area contributed by atoms with Crippen LogP contribution in [0, 0.1) is 50.7 Å². The van der Waals surface area contributed by atoms with Crippen LogP contribution >= 0.6 is 0 Å². The second-order valence-corrected chi connectivity index (χ2v) is 15.8. The topological polar surface area (TPSA) is 63.6 Å². The molecular weight excluding hydrogens is 460 g/mol. The van der Waals surface area contributed by atoms with E-state index >= 15 is 0 Å². The Balaban J connectivity index is 1.41. The van der Waals surface area contributed by atoms with Gasteiger partial charge < -0.3 is 9.84 Å². The number of ether oxygens (including phenoxy) is 1. The van der Waals surface area contributed by atoms with Gasteiger partial charge in [0.25, 0.3) is 0 Å². The molecule has 0 aliphatic heterocycles. The molecule has 5 rings (SSSR count). The Hall–Kier alpha value is -1.32. The highest BCUT2D eigenvalue weighted by Crippen LogP contribution is 2.74.